The van der Waals surface area contributed by atoms with E-state index in [-0.39, 0.29) is 11.7 Å². The summed E-state index contributed by atoms with van der Waals surface area (Å²) >= 11 is 3.18. The summed E-state index contributed by atoms with van der Waals surface area (Å²) < 4.78 is 2.39. The fourth-order valence-corrected chi connectivity index (χ4v) is 2.77. The molecule has 0 aliphatic heterocycles. The SMILES string of the molecule is CN(Sc1ccccc1[N+](=O)[O-])C(=O)Nc1ccc(I)cc1. The quantitative estimate of drug-likeness (QED) is 0.339. The first kappa shape index (κ1) is 16.6. The van der Waals surface area contributed by atoms with Gasteiger partial charge in [-0.25, -0.2) is 4.79 Å². The van der Waals surface area contributed by atoms with E-state index in [4.69, 9.17) is 0 Å². The third-order valence-corrected chi connectivity index (χ3v) is 4.38. The van der Waals surface area contributed by atoms with Gasteiger partial charge in [-0.05, 0) is 64.9 Å². The molecule has 114 valence electrons. The molecule has 8 heteroatoms. The van der Waals surface area contributed by atoms with Crippen molar-refractivity contribution in [3.05, 3.63) is 62.2 Å². The lowest BCUT2D eigenvalue weighted by Gasteiger charge is -2.16. The molecule has 0 spiro atoms. The van der Waals surface area contributed by atoms with Crippen LogP contribution in [-0.4, -0.2) is 22.3 Å². The Morgan fingerprint density at radius 3 is 2.50 bits per heavy atom. The lowest BCUT2D eigenvalue weighted by Crippen LogP contribution is -2.25. The molecule has 22 heavy (non-hydrogen) atoms. The number of amides is 2. The fourth-order valence-electron chi connectivity index (χ4n) is 1.61. The molecule has 0 radical (unpaired) electrons. The van der Waals surface area contributed by atoms with Crippen molar-refractivity contribution in [2.75, 3.05) is 12.4 Å². The highest BCUT2D eigenvalue weighted by molar-refractivity contribution is 14.1. The van der Waals surface area contributed by atoms with Gasteiger partial charge in [-0.3, -0.25) is 14.4 Å². The molecule has 0 aromatic heterocycles. The molecule has 0 saturated heterocycles. The number of benzene rings is 2. The molecule has 0 saturated carbocycles. The van der Waals surface area contributed by atoms with Crippen LogP contribution in [0.3, 0.4) is 0 Å². The van der Waals surface area contributed by atoms with E-state index in [1.54, 1.807) is 37.4 Å². The van der Waals surface area contributed by atoms with Crippen LogP contribution in [0.5, 0.6) is 0 Å². The summed E-state index contributed by atoms with van der Waals surface area (Å²) in [6, 6.07) is 13.3. The van der Waals surface area contributed by atoms with Crippen molar-refractivity contribution in [2.24, 2.45) is 0 Å². The highest BCUT2D eigenvalue weighted by atomic mass is 127. The smallest absolute Gasteiger partial charge is 0.307 e. The number of carbonyl (C=O) groups is 1. The van der Waals surface area contributed by atoms with Gasteiger partial charge in [-0.15, -0.1) is 0 Å². The standard InChI is InChI=1S/C14H12IN3O3S/c1-17(14(19)16-11-8-6-10(15)7-9-11)22-13-5-3-2-4-12(13)18(20)21/h2-9H,1H3,(H,16,19). The minimum Gasteiger partial charge on any atom is -0.307 e. The number of halogens is 1. The number of carbonyl (C=O) groups excluding carboxylic acids is 1. The van der Waals surface area contributed by atoms with E-state index in [2.05, 4.69) is 27.9 Å². The second-order valence-electron chi connectivity index (χ2n) is 4.25. The maximum Gasteiger partial charge on any atom is 0.331 e. The summed E-state index contributed by atoms with van der Waals surface area (Å²) in [4.78, 5) is 23.0. The Hall–Kier alpha value is -1.81. The van der Waals surface area contributed by atoms with E-state index in [0.29, 0.717) is 10.6 Å². The zero-order chi connectivity index (χ0) is 16.1. The third-order valence-electron chi connectivity index (χ3n) is 2.68. The van der Waals surface area contributed by atoms with Gasteiger partial charge in [0.25, 0.3) is 5.69 Å². The number of hydrogen-bond acceptors (Lipinski definition) is 4. The Balaban J connectivity index is 2.05. The van der Waals surface area contributed by atoms with E-state index in [1.807, 2.05) is 12.1 Å². The first-order valence-electron chi connectivity index (χ1n) is 6.19. The molecule has 2 aromatic carbocycles. The summed E-state index contributed by atoms with van der Waals surface area (Å²) in [5, 5.41) is 13.7. The van der Waals surface area contributed by atoms with Crippen LogP contribution >= 0.6 is 34.5 Å². The molecule has 0 heterocycles. The molecular weight excluding hydrogens is 417 g/mol. The molecule has 0 fully saturated rings. The van der Waals surface area contributed by atoms with Crippen molar-refractivity contribution >= 4 is 51.9 Å². The number of rotatable bonds is 4. The summed E-state index contributed by atoms with van der Waals surface area (Å²) in [7, 11) is 1.56. The van der Waals surface area contributed by atoms with Crippen LogP contribution in [0.15, 0.2) is 53.4 Å². The monoisotopic (exact) mass is 429 g/mol. The number of nitro benzene ring substituents is 1. The van der Waals surface area contributed by atoms with E-state index in [0.717, 1.165) is 15.5 Å². The molecule has 0 bridgehead atoms. The van der Waals surface area contributed by atoms with Gasteiger partial charge < -0.3 is 5.32 Å². The van der Waals surface area contributed by atoms with Crippen LogP contribution in [0.4, 0.5) is 16.2 Å². The van der Waals surface area contributed by atoms with Crippen molar-refractivity contribution in [1.82, 2.24) is 4.31 Å². The molecule has 2 aromatic rings. The van der Waals surface area contributed by atoms with Crippen LogP contribution in [0.2, 0.25) is 0 Å². The summed E-state index contributed by atoms with van der Waals surface area (Å²) in [5.74, 6) is 0. The lowest BCUT2D eigenvalue weighted by atomic mass is 10.3. The second kappa shape index (κ2) is 7.45. The highest BCUT2D eigenvalue weighted by Crippen LogP contribution is 2.30. The van der Waals surface area contributed by atoms with Crippen LogP contribution in [0.25, 0.3) is 0 Å². The number of urea groups is 1. The average Bonchev–Trinajstić information content (AvgIpc) is 2.49. The van der Waals surface area contributed by atoms with Gasteiger partial charge in [-0.1, -0.05) is 12.1 Å². The summed E-state index contributed by atoms with van der Waals surface area (Å²) in [6.45, 7) is 0. The summed E-state index contributed by atoms with van der Waals surface area (Å²) in [5.41, 5.74) is 0.641. The zero-order valence-corrected chi connectivity index (χ0v) is 14.5. The van der Waals surface area contributed by atoms with Gasteiger partial charge in [0.1, 0.15) is 4.90 Å². The van der Waals surface area contributed by atoms with Crippen molar-refractivity contribution in [1.29, 1.82) is 0 Å². The molecule has 0 aliphatic carbocycles. The molecular formula is C14H12IN3O3S. The first-order chi connectivity index (χ1) is 10.5. The Kier molecular flexibility index (Phi) is 5.61. The van der Waals surface area contributed by atoms with E-state index in [9.17, 15) is 14.9 Å². The number of nitrogens with one attached hydrogen (secondary N) is 1. The van der Waals surface area contributed by atoms with Crippen LogP contribution in [0, 0.1) is 13.7 Å². The Bertz CT molecular complexity index is 694. The maximum absolute atomic E-state index is 12.1. The van der Waals surface area contributed by atoms with Crippen LogP contribution in [-0.2, 0) is 0 Å². The van der Waals surface area contributed by atoms with Crippen molar-refractivity contribution in [3.63, 3.8) is 0 Å². The zero-order valence-electron chi connectivity index (χ0n) is 11.5. The van der Waals surface area contributed by atoms with Gasteiger partial charge in [0.05, 0.1) is 4.92 Å². The molecule has 0 aliphatic rings. The number of nitro groups is 1. The third kappa shape index (κ3) is 4.34. The van der Waals surface area contributed by atoms with Gasteiger partial charge >= 0.3 is 6.03 Å². The number of hydrogen-bond donors (Lipinski definition) is 1. The highest BCUT2D eigenvalue weighted by Gasteiger charge is 2.18. The fraction of sp³-hybridized carbons (Fsp3) is 0.0714. The van der Waals surface area contributed by atoms with E-state index in [1.165, 1.54) is 10.4 Å². The van der Waals surface area contributed by atoms with E-state index < -0.39 is 4.92 Å². The first-order valence-corrected chi connectivity index (χ1v) is 8.04. The normalized spacial score (nSPS) is 10.1. The lowest BCUT2D eigenvalue weighted by molar-refractivity contribution is -0.387. The predicted octanol–water partition coefficient (Wildman–Crippen LogP) is 4.37. The van der Waals surface area contributed by atoms with Gasteiger partial charge in [0.2, 0.25) is 0 Å². The topological polar surface area (TPSA) is 75.5 Å². The van der Waals surface area contributed by atoms with Crippen LogP contribution in [0.1, 0.15) is 0 Å². The van der Waals surface area contributed by atoms with Gasteiger partial charge in [-0.2, -0.15) is 0 Å². The maximum atomic E-state index is 12.1. The van der Waals surface area contributed by atoms with Gasteiger partial charge in [0, 0.05) is 22.4 Å². The average molecular weight is 429 g/mol. The number of anilines is 1. The molecule has 0 unspecified atom stereocenters. The predicted molar refractivity (Wildman–Crippen MR) is 94.9 cm³/mol. The minimum atomic E-state index is -0.465. The Morgan fingerprint density at radius 2 is 1.86 bits per heavy atom. The number of nitrogens with zero attached hydrogens (tertiary/aromatic N) is 2. The second-order valence-corrected chi connectivity index (χ2v) is 6.67. The molecule has 2 rings (SSSR count). The molecule has 2 amide bonds. The van der Waals surface area contributed by atoms with E-state index >= 15 is 0 Å². The number of para-hydroxylation sites is 1. The summed E-state index contributed by atoms with van der Waals surface area (Å²) in [6.07, 6.45) is 0. The van der Waals surface area contributed by atoms with Crippen LogP contribution < -0.4 is 5.32 Å². The van der Waals surface area contributed by atoms with Crippen molar-refractivity contribution < 1.29 is 9.72 Å². The largest absolute Gasteiger partial charge is 0.331 e. The van der Waals surface area contributed by atoms with Gasteiger partial charge in [0.15, 0.2) is 0 Å². The van der Waals surface area contributed by atoms with Crippen molar-refractivity contribution in [3.8, 4) is 0 Å². The molecule has 1 N–H and O–H groups in total. The van der Waals surface area contributed by atoms with Crippen molar-refractivity contribution in [2.45, 2.75) is 4.90 Å². The minimum absolute atomic E-state index is 0.0265. The Labute approximate surface area is 145 Å². The molecule has 0 atom stereocenters. The Morgan fingerprint density at radius 1 is 1.23 bits per heavy atom. The molecule has 6 nitrogen and oxygen atoms in total.